The van der Waals surface area contributed by atoms with Gasteiger partial charge < -0.3 is 10.6 Å². The lowest BCUT2D eigenvalue weighted by molar-refractivity contribution is -0.121. The maximum Gasteiger partial charge on any atom is 0.220 e. The lowest BCUT2D eigenvalue weighted by atomic mass is 9.91. The van der Waals surface area contributed by atoms with Crippen LogP contribution >= 0.6 is 0 Å². The van der Waals surface area contributed by atoms with Crippen molar-refractivity contribution < 1.29 is 4.79 Å². The maximum absolute atomic E-state index is 12.0. The van der Waals surface area contributed by atoms with Crippen molar-refractivity contribution >= 4 is 5.91 Å². The van der Waals surface area contributed by atoms with Crippen LogP contribution in [0.5, 0.6) is 0 Å². The molecule has 3 atom stereocenters. The Balaban J connectivity index is 1.39. The van der Waals surface area contributed by atoms with E-state index in [0.717, 1.165) is 37.9 Å². The molecular weight excluding hydrogens is 322 g/mol. The first-order valence-electron chi connectivity index (χ1n) is 10.4. The molecule has 26 heavy (non-hydrogen) atoms. The molecule has 0 aliphatic carbocycles. The van der Waals surface area contributed by atoms with E-state index in [-0.39, 0.29) is 5.91 Å². The molecule has 0 aromatic heterocycles. The van der Waals surface area contributed by atoms with Crippen LogP contribution in [0.25, 0.3) is 0 Å². The fourth-order valence-electron chi connectivity index (χ4n) is 4.53. The highest BCUT2D eigenvalue weighted by atomic mass is 16.1. The van der Waals surface area contributed by atoms with Gasteiger partial charge in [0.1, 0.15) is 0 Å². The van der Waals surface area contributed by atoms with Crippen molar-refractivity contribution in [3.63, 3.8) is 0 Å². The Labute approximate surface area is 158 Å². The second kappa shape index (κ2) is 9.52. The van der Waals surface area contributed by atoms with E-state index in [2.05, 4.69) is 53.6 Å². The average molecular weight is 358 g/mol. The number of hydrogen-bond acceptors (Lipinski definition) is 3. The monoisotopic (exact) mass is 357 g/mol. The summed E-state index contributed by atoms with van der Waals surface area (Å²) in [6.45, 7) is 11.0. The molecule has 0 saturated carbocycles. The van der Waals surface area contributed by atoms with Crippen LogP contribution in [0.1, 0.15) is 50.7 Å². The van der Waals surface area contributed by atoms with Crippen molar-refractivity contribution in [2.45, 2.75) is 52.6 Å². The van der Waals surface area contributed by atoms with E-state index in [1.807, 2.05) is 0 Å². The minimum atomic E-state index is 0.178. The van der Waals surface area contributed by atoms with Crippen LogP contribution in [0.15, 0.2) is 24.3 Å². The van der Waals surface area contributed by atoms with Gasteiger partial charge in [0.25, 0.3) is 0 Å². The van der Waals surface area contributed by atoms with Gasteiger partial charge in [-0.2, -0.15) is 0 Å². The molecule has 2 aliphatic heterocycles. The summed E-state index contributed by atoms with van der Waals surface area (Å²) in [6, 6.07) is 8.76. The van der Waals surface area contributed by atoms with Crippen LogP contribution in [0, 0.1) is 17.8 Å². The van der Waals surface area contributed by atoms with Gasteiger partial charge in [-0.05, 0) is 61.2 Å². The number of nitrogens with zero attached hydrogens (tertiary/aromatic N) is 1. The number of nitrogens with one attached hydrogen (secondary N) is 2. The highest BCUT2D eigenvalue weighted by molar-refractivity contribution is 5.75. The first-order valence-corrected chi connectivity index (χ1v) is 10.4. The fourth-order valence-corrected chi connectivity index (χ4v) is 4.53. The van der Waals surface area contributed by atoms with Gasteiger partial charge in [0.15, 0.2) is 0 Å². The van der Waals surface area contributed by atoms with Crippen LogP contribution in [0.4, 0.5) is 0 Å². The van der Waals surface area contributed by atoms with Crippen molar-refractivity contribution in [3.05, 3.63) is 35.4 Å². The first-order chi connectivity index (χ1) is 12.6. The van der Waals surface area contributed by atoms with Crippen molar-refractivity contribution in [1.82, 2.24) is 15.5 Å². The summed E-state index contributed by atoms with van der Waals surface area (Å²) in [6.07, 6.45) is 4.22. The van der Waals surface area contributed by atoms with Gasteiger partial charge in [-0.3, -0.25) is 9.69 Å². The summed E-state index contributed by atoms with van der Waals surface area (Å²) in [7, 11) is 0. The maximum atomic E-state index is 12.0. The van der Waals surface area contributed by atoms with Gasteiger partial charge in [0, 0.05) is 32.6 Å². The van der Waals surface area contributed by atoms with Crippen molar-refractivity contribution in [3.8, 4) is 0 Å². The Morgan fingerprint density at radius 3 is 2.50 bits per heavy atom. The third kappa shape index (κ3) is 6.10. The molecular formula is C22H35N3O. The number of rotatable bonds is 7. The molecule has 0 spiro atoms. The van der Waals surface area contributed by atoms with Crippen LogP contribution in [0.3, 0.4) is 0 Å². The van der Waals surface area contributed by atoms with Crippen LogP contribution in [-0.4, -0.2) is 37.0 Å². The van der Waals surface area contributed by atoms with Gasteiger partial charge in [0.05, 0.1) is 0 Å². The number of piperidine rings is 1. The number of carbonyl (C=O) groups is 1. The van der Waals surface area contributed by atoms with Gasteiger partial charge in [-0.15, -0.1) is 0 Å². The smallest absolute Gasteiger partial charge is 0.220 e. The average Bonchev–Trinajstić information content (AvgIpc) is 3.12. The Bertz CT molecular complexity index is 555. The van der Waals surface area contributed by atoms with Gasteiger partial charge in [-0.1, -0.05) is 38.1 Å². The molecule has 2 N–H and O–H groups in total. The largest absolute Gasteiger partial charge is 0.352 e. The summed E-state index contributed by atoms with van der Waals surface area (Å²) >= 11 is 0. The molecule has 2 saturated heterocycles. The fraction of sp³-hybridized carbons (Fsp3) is 0.682. The molecule has 2 heterocycles. The van der Waals surface area contributed by atoms with Crippen LogP contribution in [0.2, 0.25) is 0 Å². The van der Waals surface area contributed by atoms with Crippen LogP contribution < -0.4 is 10.6 Å². The lowest BCUT2D eigenvalue weighted by Gasteiger charge is -2.35. The molecule has 4 heteroatoms. The second-order valence-corrected chi connectivity index (χ2v) is 8.63. The van der Waals surface area contributed by atoms with E-state index in [9.17, 15) is 4.79 Å². The molecule has 0 bridgehead atoms. The van der Waals surface area contributed by atoms with Crippen molar-refractivity contribution in [2.24, 2.45) is 17.8 Å². The molecule has 1 aromatic rings. The Hall–Kier alpha value is -1.39. The minimum Gasteiger partial charge on any atom is -0.352 e. The topological polar surface area (TPSA) is 44.4 Å². The molecule has 2 aliphatic rings. The highest BCUT2D eigenvalue weighted by Crippen LogP contribution is 2.22. The molecule has 3 unspecified atom stereocenters. The Morgan fingerprint density at radius 2 is 1.85 bits per heavy atom. The zero-order valence-corrected chi connectivity index (χ0v) is 16.5. The van der Waals surface area contributed by atoms with E-state index in [4.69, 9.17) is 0 Å². The van der Waals surface area contributed by atoms with Crippen molar-refractivity contribution in [2.75, 3.05) is 26.2 Å². The molecule has 3 rings (SSSR count). The van der Waals surface area contributed by atoms with E-state index in [1.54, 1.807) is 0 Å². The van der Waals surface area contributed by atoms with E-state index < -0.39 is 0 Å². The molecule has 1 amide bonds. The number of amides is 1. The summed E-state index contributed by atoms with van der Waals surface area (Å²) < 4.78 is 0. The molecule has 0 radical (unpaired) electrons. The van der Waals surface area contributed by atoms with Gasteiger partial charge >= 0.3 is 0 Å². The minimum absolute atomic E-state index is 0.178. The predicted molar refractivity (Wildman–Crippen MR) is 107 cm³/mol. The normalized spacial score (nSPS) is 26.8. The Kier molecular flexibility index (Phi) is 7.09. The number of benzene rings is 1. The third-order valence-electron chi connectivity index (χ3n) is 5.81. The summed E-state index contributed by atoms with van der Waals surface area (Å²) in [5.41, 5.74) is 2.56. The quantitative estimate of drug-likeness (QED) is 0.788. The van der Waals surface area contributed by atoms with Crippen LogP contribution in [-0.2, 0) is 17.9 Å². The van der Waals surface area contributed by atoms with Crippen molar-refractivity contribution in [1.29, 1.82) is 0 Å². The molecule has 144 valence electrons. The lowest BCUT2D eigenvalue weighted by Crippen LogP contribution is -2.38. The summed E-state index contributed by atoms with van der Waals surface area (Å²) in [5, 5.41) is 6.42. The third-order valence-corrected chi connectivity index (χ3v) is 5.81. The summed E-state index contributed by atoms with van der Waals surface area (Å²) in [5.74, 6) is 2.46. The van der Waals surface area contributed by atoms with E-state index in [0.29, 0.717) is 18.9 Å². The zero-order chi connectivity index (χ0) is 18.4. The first kappa shape index (κ1) is 19.4. The van der Waals surface area contributed by atoms with Gasteiger partial charge in [0.2, 0.25) is 5.91 Å². The molecule has 1 aromatic carbocycles. The second-order valence-electron chi connectivity index (χ2n) is 8.63. The SMILES string of the molecule is CC1CC(C)CN(Cc2ccc(CNC(=O)CCC3CCNC3)cc2)C1. The number of carbonyl (C=O) groups excluding carboxylic acids is 1. The Morgan fingerprint density at radius 1 is 1.15 bits per heavy atom. The van der Waals surface area contributed by atoms with Gasteiger partial charge in [-0.25, -0.2) is 0 Å². The number of likely N-dealkylation sites (tertiary alicyclic amines) is 1. The summed E-state index contributed by atoms with van der Waals surface area (Å²) in [4.78, 5) is 14.6. The highest BCUT2D eigenvalue weighted by Gasteiger charge is 2.21. The standard InChI is InChI=1S/C22H35N3O/c1-17-11-18(2)15-25(14-17)16-21-5-3-19(4-6-21)13-24-22(26)8-7-20-9-10-23-12-20/h3-6,17-18,20,23H,7-16H2,1-2H3,(H,24,26). The van der Waals surface area contributed by atoms with E-state index >= 15 is 0 Å². The zero-order valence-electron chi connectivity index (χ0n) is 16.5. The molecule has 4 nitrogen and oxygen atoms in total. The molecule has 2 fully saturated rings. The predicted octanol–water partition coefficient (Wildman–Crippen LogP) is 3.17. The van der Waals surface area contributed by atoms with E-state index in [1.165, 1.54) is 37.1 Å². The number of hydrogen-bond donors (Lipinski definition) is 2.